The summed E-state index contributed by atoms with van der Waals surface area (Å²) in [5.74, 6) is 2.61. The zero-order valence-corrected chi connectivity index (χ0v) is 10.9. The first-order valence-electron chi connectivity index (χ1n) is 6.61. The number of Topliss-reactive ketones (excluding diaryl/α,β-unsaturated/α-hetero) is 1. The summed E-state index contributed by atoms with van der Waals surface area (Å²) in [6, 6.07) is 17.0. The van der Waals surface area contributed by atoms with E-state index in [2.05, 4.69) is 6.92 Å². The second-order valence-corrected chi connectivity index (χ2v) is 5.12. The van der Waals surface area contributed by atoms with Crippen LogP contribution >= 0.6 is 0 Å². The van der Waals surface area contributed by atoms with Gasteiger partial charge in [0.1, 0.15) is 11.5 Å². The van der Waals surface area contributed by atoms with Crippen molar-refractivity contribution in [3.63, 3.8) is 0 Å². The standard InChI is InChI=1S/C17H16O2/c1-12-11-16(12)17(18)13-7-9-15(10-8-13)19-14-5-3-2-4-6-14/h2-10,12,16H,11H2,1H3. The minimum absolute atomic E-state index is 0.237. The molecule has 0 N–H and O–H groups in total. The Hall–Kier alpha value is -2.09. The first-order valence-corrected chi connectivity index (χ1v) is 6.61. The van der Waals surface area contributed by atoms with Crippen LogP contribution in [-0.2, 0) is 0 Å². The highest BCUT2D eigenvalue weighted by Gasteiger charge is 2.39. The van der Waals surface area contributed by atoms with E-state index in [-0.39, 0.29) is 11.7 Å². The molecule has 1 fully saturated rings. The highest BCUT2D eigenvalue weighted by molar-refractivity contribution is 5.99. The van der Waals surface area contributed by atoms with Crippen LogP contribution in [0.2, 0.25) is 0 Å². The zero-order chi connectivity index (χ0) is 13.2. The summed E-state index contributed by atoms with van der Waals surface area (Å²) in [4.78, 5) is 12.0. The third-order valence-corrected chi connectivity index (χ3v) is 3.56. The van der Waals surface area contributed by atoms with Crippen molar-refractivity contribution < 1.29 is 9.53 Å². The Balaban J connectivity index is 1.71. The highest BCUT2D eigenvalue weighted by Crippen LogP contribution is 2.40. The molecule has 0 spiro atoms. The third kappa shape index (κ3) is 2.68. The molecule has 0 amide bonds. The molecule has 1 aliphatic carbocycles. The highest BCUT2D eigenvalue weighted by atomic mass is 16.5. The minimum Gasteiger partial charge on any atom is -0.457 e. The summed E-state index contributed by atoms with van der Waals surface area (Å²) < 4.78 is 5.70. The fourth-order valence-corrected chi connectivity index (χ4v) is 2.21. The minimum atomic E-state index is 0.237. The Morgan fingerprint density at radius 3 is 2.16 bits per heavy atom. The van der Waals surface area contributed by atoms with Crippen molar-refractivity contribution in [2.45, 2.75) is 13.3 Å². The molecule has 2 nitrogen and oxygen atoms in total. The number of rotatable bonds is 4. The van der Waals surface area contributed by atoms with Crippen LogP contribution < -0.4 is 4.74 Å². The largest absolute Gasteiger partial charge is 0.457 e. The molecule has 0 heterocycles. The molecular formula is C17H16O2. The van der Waals surface area contributed by atoms with E-state index < -0.39 is 0 Å². The van der Waals surface area contributed by atoms with Crippen molar-refractivity contribution in [2.75, 3.05) is 0 Å². The second kappa shape index (κ2) is 4.88. The molecule has 2 aromatic carbocycles. The van der Waals surface area contributed by atoms with E-state index in [9.17, 15) is 4.79 Å². The van der Waals surface area contributed by atoms with E-state index in [0.29, 0.717) is 5.92 Å². The summed E-state index contributed by atoms with van der Waals surface area (Å²) in [6.07, 6.45) is 1.03. The topological polar surface area (TPSA) is 26.3 Å². The molecule has 2 aromatic rings. The smallest absolute Gasteiger partial charge is 0.166 e. The van der Waals surface area contributed by atoms with Crippen molar-refractivity contribution in [3.8, 4) is 11.5 Å². The molecule has 2 atom stereocenters. The van der Waals surface area contributed by atoms with Crippen LogP contribution in [0.4, 0.5) is 0 Å². The van der Waals surface area contributed by atoms with Gasteiger partial charge in [-0.1, -0.05) is 25.1 Å². The number of para-hydroxylation sites is 1. The quantitative estimate of drug-likeness (QED) is 0.757. The maximum Gasteiger partial charge on any atom is 0.166 e. The number of ether oxygens (including phenoxy) is 1. The molecule has 0 bridgehead atoms. The molecule has 0 saturated heterocycles. The average Bonchev–Trinajstić information content (AvgIpc) is 3.17. The fourth-order valence-electron chi connectivity index (χ4n) is 2.21. The Morgan fingerprint density at radius 2 is 1.58 bits per heavy atom. The number of hydrogen-bond acceptors (Lipinski definition) is 2. The summed E-state index contributed by atoms with van der Waals surface area (Å²) >= 11 is 0. The van der Waals surface area contributed by atoms with Crippen LogP contribution in [0.25, 0.3) is 0 Å². The van der Waals surface area contributed by atoms with E-state index >= 15 is 0 Å². The van der Waals surface area contributed by atoms with Crippen LogP contribution in [0, 0.1) is 11.8 Å². The SMILES string of the molecule is CC1CC1C(=O)c1ccc(Oc2ccccc2)cc1. The normalized spacial score (nSPS) is 20.9. The van der Waals surface area contributed by atoms with Gasteiger partial charge < -0.3 is 4.74 Å². The monoisotopic (exact) mass is 252 g/mol. The molecule has 0 radical (unpaired) electrons. The van der Waals surface area contributed by atoms with Gasteiger partial charge in [0.25, 0.3) is 0 Å². The predicted molar refractivity (Wildman–Crippen MR) is 74.6 cm³/mol. The van der Waals surface area contributed by atoms with Crippen LogP contribution in [0.3, 0.4) is 0 Å². The molecule has 3 rings (SSSR count). The molecule has 2 heteroatoms. The van der Waals surface area contributed by atoms with Gasteiger partial charge in [-0.05, 0) is 48.7 Å². The number of benzene rings is 2. The van der Waals surface area contributed by atoms with Gasteiger partial charge in [0, 0.05) is 11.5 Å². The van der Waals surface area contributed by atoms with Crippen LogP contribution in [-0.4, -0.2) is 5.78 Å². The molecule has 2 unspecified atom stereocenters. The van der Waals surface area contributed by atoms with E-state index in [0.717, 1.165) is 23.5 Å². The molecule has 0 aromatic heterocycles. The average molecular weight is 252 g/mol. The van der Waals surface area contributed by atoms with Gasteiger partial charge >= 0.3 is 0 Å². The van der Waals surface area contributed by atoms with Gasteiger partial charge in [0.15, 0.2) is 5.78 Å². The molecule has 19 heavy (non-hydrogen) atoms. The molecular weight excluding hydrogens is 236 g/mol. The Bertz CT molecular complexity index is 572. The first kappa shape index (κ1) is 12.0. The summed E-state index contributed by atoms with van der Waals surface area (Å²) in [7, 11) is 0. The van der Waals surface area contributed by atoms with E-state index in [1.165, 1.54) is 0 Å². The van der Waals surface area contributed by atoms with Crippen LogP contribution in [0.1, 0.15) is 23.7 Å². The lowest BCUT2D eigenvalue weighted by Crippen LogP contribution is -2.02. The van der Waals surface area contributed by atoms with Gasteiger partial charge in [0.05, 0.1) is 0 Å². The van der Waals surface area contributed by atoms with Crippen molar-refractivity contribution >= 4 is 5.78 Å². The van der Waals surface area contributed by atoms with E-state index in [1.54, 1.807) is 0 Å². The summed E-state index contributed by atoms with van der Waals surface area (Å²) in [5.41, 5.74) is 0.787. The number of ketones is 1. The van der Waals surface area contributed by atoms with Gasteiger partial charge in [-0.15, -0.1) is 0 Å². The van der Waals surface area contributed by atoms with Gasteiger partial charge in [-0.2, -0.15) is 0 Å². The van der Waals surface area contributed by atoms with Gasteiger partial charge in [0.2, 0.25) is 0 Å². The zero-order valence-electron chi connectivity index (χ0n) is 10.9. The lowest BCUT2D eigenvalue weighted by atomic mass is 10.1. The maximum atomic E-state index is 12.0. The summed E-state index contributed by atoms with van der Waals surface area (Å²) in [6.45, 7) is 2.12. The fraction of sp³-hybridized carbons (Fsp3) is 0.235. The Morgan fingerprint density at radius 1 is 1.00 bits per heavy atom. The first-order chi connectivity index (χ1) is 9.24. The van der Waals surface area contributed by atoms with Gasteiger partial charge in [-0.25, -0.2) is 0 Å². The second-order valence-electron chi connectivity index (χ2n) is 5.12. The number of carbonyl (C=O) groups excluding carboxylic acids is 1. The Labute approximate surface area is 113 Å². The molecule has 0 aliphatic heterocycles. The molecule has 1 aliphatic rings. The van der Waals surface area contributed by atoms with Crippen LogP contribution in [0.5, 0.6) is 11.5 Å². The van der Waals surface area contributed by atoms with Crippen molar-refractivity contribution in [3.05, 3.63) is 60.2 Å². The predicted octanol–water partition coefficient (Wildman–Crippen LogP) is 4.32. The van der Waals surface area contributed by atoms with E-state index in [1.807, 2.05) is 54.6 Å². The number of carbonyl (C=O) groups is 1. The molecule has 1 saturated carbocycles. The van der Waals surface area contributed by atoms with Crippen molar-refractivity contribution in [2.24, 2.45) is 11.8 Å². The van der Waals surface area contributed by atoms with Crippen LogP contribution in [0.15, 0.2) is 54.6 Å². The summed E-state index contributed by atoms with van der Waals surface area (Å²) in [5, 5.41) is 0. The maximum absolute atomic E-state index is 12.0. The lowest BCUT2D eigenvalue weighted by molar-refractivity contribution is 0.0962. The molecule has 96 valence electrons. The van der Waals surface area contributed by atoms with Gasteiger partial charge in [-0.3, -0.25) is 4.79 Å². The van der Waals surface area contributed by atoms with E-state index in [4.69, 9.17) is 4.74 Å². The van der Waals surface area contributed by atoms with Crippen molar-refractivity contribution in [1.82, 2.24) is 0 Å². The third-order valence-electron chi connectivity index (χ3n) is 3.56. The Kier molecular flexibility index (Phi) is 3.08. The lowest BCUT2D eigenvalue weighted by Gasteiger charge is -2.06. The number of hydrogen-bond donors (Lipinski definition) is 0. The van der Waals surface area contributed by atoms with Crippen molar-refractivity contribution in [1.29, 1.82) is 0 Å².